The maximum absolute atomic E-state index is 10.5. The Hall–Kier alpha value is -2.12. The molecule has 1 unspecified atom stereocenters. The second-order valence-corrected chi connectivity index (χ2v) is 8.85. The molecule has 7 heteroatoms. The summed E-state index contributed by atoms with van der Waals surface area (Å²) in [5.41, 5.74) is 0.838. The van der Waals surface area contributed by atoms with E-state index < -0.39 is 6.10 Å². The summed E-state index contributed by atoms with van der Waals surface area (Å²) in [5, 5.41) is 18.1. The Morgan fingerprint density at radius 3 is 2.52 bits per heavy atom. The van der Waals surface area contributed by atoms with Crippen LogP contribution in [0.2, 0.25) is 0 Å². The molecule has 0 bridgehead atoms. The molecule has 29 heavy (non-hydrogen) atoms. The number of thiazole rings is 1. The van der Waals surface area contributed by atoms with Gasteiger partial charge in [0.25, 0.3) is 0 Å². The number of guanidine groups is 1. The Bertz CT molecular complexity index is 756. The lowest BCUT2D eigenvalue weighted by atomic mass is 10.1. The van der Waals surface area contributed by atoms with Crippen LogP contribution in [0.15, 0.2) is 35.5 Å². The van der Waals surface area contributed by atoms with Crippen LogP contribution in [-0.4, -0.2) is 35.2 Å². The first-order chi connectivity index (χ1) is 13.9. The Kier molecular flexibility index (Phi) is 9.41. The fourth-order valence-corrected chi connectivity index (χ4v) is 3.77. The van der Waals surface area contributed by atoms with Gasteiger partial charge in [0.05, 0.1) is 23.8 Å². The normalized spacial score (nSPS) is 13.0. The largest absolute Gasteiger partial charge is 0.491 e. The third-order valence-corrected chi connectivity index (χ3v) is 5.03. The first-order valence-electron chi connectivity index (χ1n) is 10.3. The number of ether oxygens (including phenoxy) is 1. The van der Waals surface area contributed by atoms with Crippen molar-refractivity contribution in [2.75, 3.05) is 13.1 Å². The van der Waals surface area contributed by atoms with Gasteiger partial charge in [0.2, 0.25) is 0 Å². The topological polar surface area (TPSA) is 78.8 Å². The summed E-state index contributed by atoms with van der Waals surface area (Å²) in [4.78, 5) is 10.2. The molecule has 160 valence electrons. The molecule has 3 N–H and O–H groups in total. The van der Waals surface area contributed by atoms with Gasteiger partial charge in [-0.3, -0.25) is 0 Å². The molecule has 0 aliphatic heterocycles. The van der Waals surface area contributed by atoms with Crippen molar-refractivity contribution in [1.82, 2.24) is 15.6 Å². The van der Waals surface area contributed by atoms with Crippen molar-refractivity contribution >= 4 is 17.3 Å². The van der Waals surface area contributed by atoms with Crippen LogP contribution in [0.4, 0.5) is 0 Å². The molecule has 1 atom stereocenters. The third kappa shape index (κ3) is 8.41. The molecule has 0 radical (unpaired) electrons. The molecule has 1 heterocycles. The van der Waals surface area contributed by atoms with Crippen molar-refractivity contribution in [3.63, 3.8) is 0 Å². The number of nitrogens with one attached hydrogen (secondary N) is 2. The van der Waals surface area contributed by atoms with Crippen molar-refractivity contribution in [2.24, 2.45) is 10.9 Å². The van der Waals surface area contributed by atoms with E-state index in [1.54, 1.807) is 11.3 Å². The summed E-state index contributed by atoms with van der Waals surface area (Å²) >= 11 is 1.71. The standard InChI is InChI=1S/C22H34N4O2S/c1-6-23-22(25-13-19-12-24-21(29-19)11-15(2)3)26-14-20(27)17-7-9-18(10-8-17)28-16(4)5/h7-10,12,15-16,20,27H,6,11,13-14H2,1-5H3,(H2,23,25,26). The van der Waals surface area contributed by atoms with Crippen LogP contribution in [0.3, 0.4) is 0 Å². The molecule has 0 aliphatic rings. The summed E-state index contributed by atoms with van der Waals surface area (Å²) in [7, 11) is 0. The minimum atomic E-state index is -0.631. The van der Waals surface area contributed by atoms with Crippen molar-refractivity contribution in [1.29, 1.82) is 0 Å². The molecule has 0 saturated heterocycles. The second kappa shape index (κ2) is 11.8. The second-order valence-electron chi connectivity index (χ2n) is 7.65. The van der Waals surface area contributed by atoms with Crippen LogP contribution in [-0.2, 0) is 13.0 Å². The lowest BCUT2D eigenvalue weighted by Crippen LogP contribution is -2.39. The van der Waals surface area contributed by atoms with E-state index in [1.807, 2.05) is 51.2 Å². The van der Waals surface area contributed by atoms with Gasteiger partial charge in [-0.2, -0.15) is 0 Å². The van der Waals surface area contributed by atoms with Crippen molar-refractivity contribution in [3.8, 4) is 5.75 Å². The van der Waals surface area contributed by atoms with Gasteiger partial charge in [0.15, 0.2) is 5.96 Å². The van der Waals surface area contributed by atoms with Crippen LogP contribution >= 0.6 is 11.3 Å². The summed E-state index contributed by atoms with van der Waals surface area (Å²) in [6.07, 6.45) is 2.41. The molecule has 0 fully saturated rings. The molecule has 2 aromatic rings. The average Bonchev–Trinajstić information content (AvgIpc) is 3.10. The number of aliphatic hydroxyl groups is 1. The number of rotatable bonds is 10. The van der Waals surface area contributed by atoms with E-state index in [2.05, 4.69) is 34.5 Å². The minimum absolute atomic E-state index is 0.131. The highest BCUT2D eigenvalue weighted by molar-refractivity contribution is 7.11. The molecular formula is C22H34N4O2S. The van der Waals surface area contributed by atoms with Gasteiger partial charge in [-0.05, 0) is 44.4 Å². The minimum Gasteiger partial charge on any atom is -0.491 e. The number of aliphatic hydroxyl groups excluding tert-OH is 1. The van der Waals surface area contributed by atoms with Gasteiger partial charge in [-0.15, -0.1) is 11.3 Å². The van der Waals surface area contributed by atoms with Gasteiger partial charge in [-0.1, -0.05) is 26.0 Å². The zero-order valence-corrected chi connectivity index (χ0v) is 18.9. The SMILES string of the molecule is CCNC(=NCc1cnc(CC(C)C)s1)NCC(O)c1ccc(OC(C)C)cc1. The summed E-state index contributed by atoms with van der Waals surface area (Å²) in [6, 6.07) is 7.55. The number of hydrogen-bond acceptors (Lipinski definition) is 5. The molecule has 2 rings (SSSR count). The van der Waals surface area contributed by atoms with Crippen molar-refractivity contribution < 1.29 is 9.84 Å². The maximum Gasteiger partial charge on any atom is 0.191 e. The molecule has 1 aromatic heterocycles. The summed E-state index contributed by atoms with van der Waals surface area (Å²) in [5.74, 6) is 2.09. The van der Waals surface area contributed by atoms with Crippen LogP contribution in [0.1, 0.15) is 56.2 Å². The first kappa shape index (κ1) is 23.2. The smallest absolute Gasteiger partial charge is 0.191 e. The maximum atomic E-state index is 10.5. The van der Waals surface area contributed by atoms with Gasteiger partial charge >= 0.3 is 0 Å². The molecule has 1 aromatic carbocycles. The van der Waals surface area contributed by atoms with E-state index in [1.165, 1.54) is 0 Å². The van der Waals surface area contributed by atoms with E-state index in [-0.39, 0.29) is 6.10 Å². The number of aromatic nitrogens is 1. The highest BCUT2D eigenvalue weighted by atomic mass is 32.1. The van der Waals surface area contributed by atoms with Crippen LogP contribution < -0.4 is 15.4 Å². The van der Waals surface area contributed by atoms with Crippen LogP contribution in [0.5, 0.6) is 5.75 Å². The number of nitrogens with zero attached hydrogens (tertiary/aromatic N) is 2. The van der Waals surface area contributed by atoms with Crippen molar-refractivity contribution in [2.45, 2.75) is 59.8 Å². The van der Waals surface area contributed by atoms with Crippen LogP contribution in [0.25, 0.3) is 0 Å². The lowest BCUT2D eigenvalue weighted by molar-refractivity contribution is 0.180. The summed E-state index contributed by atoms with van der Waals surface area (Å²) < 4.78 is 5.65. The highest BCUT2D eigenvalue weighted by Gasteiger charge is 2.10. The zero-order valence-electron chi connectivity index (χ0n) is 18.1. The van der Waals surface area contributed by atoms with Gasteiger partial charge in [-0.25, -0.2) is 9.98 Å². The molecular weight excluding hydrogens is 384 g/mol. The number of benzene rings is 1. The van der Waals surface area contributed by atoms with E-state index in [4.69, 9.17) is 4.74 Å². The Labute approximate surface area is 178 Å². The molecule has 6 nitrogen and oxygen atoms in total. The third-order valence-electron chi connectivity index (χ3n) is 4.02. The summed E-state index contributed by atoms with van der Waals surface area (Å²) in [6.45, 7) is 12.1. The molecule has 0 amide bonds. The predicted octanol–water partition coefficient (Wildman–Crippen LogP) is 3.92. The number of aliphatic imine (C=N–C) groups is 1. The van der Waals surface area contributed by atoms with Gasteiger partial charge in [0.1, 0.15) is 5.75 Å². The Morgan fingerprint density at radius 2 is 1.90 bits per heavy atom. The van der Waals surface area contributed by atoms with E-state index in [0.29, 0.717) is 25.0 Å². The van der Waals surface area contributed by atoms with Crippen molar-refractivity contribution in [3.05, 3.63) is 45.9 Å². The predicted molar refractivity (Wildman–Crippen MR) is 121 cm³/mol. The quantitative estimate of drug-likeness (QED) is 0.403. The highest BCUT2D eigenvalue weighted by Crippen LogP contribution is 2.19. The van der Waals surface area contributed by atoms with E-state index in [9.17, 15) is 5.11 Å². The molecule has 0 aliphatic carbocycles. The van der Waals surface area contributed by atoms with Gasteiger partial charge in [0, 0.05) is 30.6 Å². The zero-order chi connectivity index (χ0) is 21.2. The molecule has 0 spiro atoms. The van der Waals surface area contributed by atoms with Gasteiger partial charge < -0.3 is 20.5 Å². The first-order valence-corrected chi connectivity index (χ1v) is 11.1. The molecule has 0 saturated carbocycles. The lowest BCUT2D eigenvalue weighted by Gasteiger charge is -2.16. The average molecular weight is 419 g/mol. The fraction of sp³-hybridized carbons (Fsp3) is 0.545. The number of hydrogen-bond donors (Lipinski definition) is 3. The van der Waals surface area contributed by atoms with E-state index >= 15 is 0 Å². The van der Waals surface area contributed by atoms with Crippen LogP contribution in [0, 0.1) is 5.92 Å². The fourth-order valence-electron chi connectivity index (χ4n) is 2.72. The van der Waals surface area contributed by atoms with E-state index in [0.717, 1.165) is 34.2 Å². The monoisotopic (exact) mass is 418 g/mol. The Balaban J connectivity index is 1.90. The Morgan fingerprint density at radius 1 is 1.17 bits per heavy atom.